The standard InChI is InChI=1S/C21H16INO5/c1-26-13-17(21(24)25)16-8-2-3-10-19(16)27-14-6-4-7-15(12-14)28-20-18(22)9-5-11-23-20/h2-13H,1H3,(H,24,25)/b17-13-. The molecule has 2 aromatic carbocycles. The maximum Gasteiger partial charge on any atom is 0.339 e. The number of carboxylic acid groups (broad SMARTS) is 1. The summed E-state index contributed by atoms with van der Waals surface area (Å²) in [5.74, 6) is 0.824. The molecule has 1 N–H and O–H groups in total. The van der Waals surface area contributed by atoms with Gasteiger partial charge in [0, 0.05) is 17.8 Å². The van der Waals surface area contributed by atoms with Gasteiger partial charge in [-0.1, -0.05) is 24.3 Å². The maximum atomic E-state index is 11.6. The Bertz CT molecular complexity index is 1020. The Hall–Kier alpha value is -3.07. The van der Waals surface area contributed by atoms with E-state index in [1.54, 1.807) is 54.7 Å². The van der Waals surface area contributed by atoms with Gasteiger partial charge in [-0.15, -0.1) is 0 Å². The molecule has 0 radical (unpaired) electrons. The normalized spacial score (nSPS) is 11.0. The molecule has 7 heteroatoms. The summed E-state index contributed by atoms with van der Waals surface area (Å²) >= 11 is 2.15. The van der Waals surface area contributed by atoms with E-state index in [1.165, 1.54) is 13.4 Å². The monoisotopic (exact) mass is 489 g/mol. The molecule has 0 aliphatic heterocycles. The van der Waals surface area contributed by atoms with Crippen LogP contribution in [0, 0.1) is 3.57 Å². The molecule has 0 saturated heterocycles. The number of carboxylic acids is 1. The number of halogens is 1. The molecule has 6 nitrogen and oxygen atoms in total. The number of carbonyl (C=O) groups is 1. The summed E-state index contributed by atoms with van der Waals surface area (Å²) in [4.78, 5) is 15.8. The van der Waals surface area contributed by atoms with Gasteiger partial charge in [-0.2, -0.15) is 0 Å². The molecule has 1 heterocycles. The van der Waals surface area contributed by atoms with Gasteiger partial charge >= 0.3 is 5.97 Å². The van der Waals surface area contributed by atoms with Crippen molar-refractivity contribution in [1.82, 2.24) is 4.98 Å². The van der Waals surface area contributed by atoms with Gasteiger partial charge in [0.05, 0.1) is 16.9 Å². The van der Waals surface area contributed by atoms with Gasteiger partial charge in [-0.25, -0.2) is 9.78 Å². The largest absolute Gasteiger partial charge is 0.503 e. The van der Waals surface area contributed by atoms with Crippen LogP contribution in [-0.2, 0) is 9.53 Å². The first-order chi connectivity index (χ1) is 13.6. The summed E-state index contributed by atoms with van der Waals surface area (Å²) in [5, 5.41) is 9.45. The molecule has 0 fully saturated rings. The van der Waals surface area contributed by atoms with Crippen LogP contribution in [0.5, 0.6) is 23.1 Å². The van der Waals surface area contributed by atoms with E-state index in [1.807, 2.05) is 12.1 Å². The molecule has 0 aliphatic rings. The number of nitrogens with zero attached hydrogens (tertiary/aromatic N) is 1. The number of rotatable bonds is 7. The summed E-state index contributed by atoms with van der Waals surface area (Å²) in [5.41, 5.74) is 0.399. The third-order valence-electron chi connectivity index (χ3n) is 3.62. The first kappa shape index (κ1) is 19.7. The fraction of sp³-hybridized carbons (Fsp3) is 0.0476. The van der Waals surface area contributed by atoms with Crippen molar-refractivity contribution in [3.63, 3.8) is 0 Å². The number of para-hydroxylation sites is 1. The molecule has 0 bridgehead atoms. The minimum atomic E-state index is -1.11. The average Bonchev–Trinajstić information content (AvgIpc) is 2.69. The quantitative estimate of drug-likeness (QED) is 0.274. The number of hydrogen-bond donors (Lipinski definition) is 1. The lowest BCUT2D eigenvalue weighted by molar-refractivity contribution is -0.130. The molecule has 3 rings (SSSR count). The zero-order chi connectivity index (χ0) is 19.9. The van der Waals surface area contributed by atoms with E-state index in [-0.39, 0.29) is 5.57 Å². The average molecular weight is 489 g/mol. The van der Waals surface area contributed by atoms with Crippen LogP contribution in [0.1, 0.15) is 5.56 Å². The highest BCUT2D eigenvalue weighted by atomic mass is 127. The minimum Gasteiger partial charge on any atom is -0.503 e. The molecule has 0 spiro atoms. The van der Waals surface area contributed by atoms with Crippen molar-refractivity contribution < 1.29 is 24.1 Å². The minimum absolute atomic E-state index is 0.00598. The second kappa shape index (κ2) is 9.23. The second-order valence-corrected chi connectivity index (χ2v) is 6.70. The van der Waals surface area contributed by atoms with E-state index in [9.17, 15) is 9.90 Å². The smallest absolute Gasteiger partial charge is 0.339 e. The van der Waals surface area contributed by atoms with Gasteiger partial charge in [0.25, 0.3) is 0 Å². The zero-order valence-electron chi connectivity index (χ0n) is 14.8. The molecular weight excluding hydrogens is 473 g/mol. The van der Waals surface area contributed by atoms with Crippen molar-refractivity contribution >= 4 is 34.1 Å². The number of aromatic nitrogens is 1. The lowest BCUT2D eigenvalue weighted by Crippen LogP contribution is -2.02. The Morgan fingerprint density at radius 1 is 1.04 bits per heavy atom. The van der Waals surface area contributed by atoms with Gasteiger partial charge in [-0.05, 0) is 52.9 Å². The third kappa shape index (κ3) is 4.80. The zero-order valence-corrected chi connectivity index (χ0v) is 17.0. The van der Waals surface area contributed by atoms with E-state index in [0.29, 0.717) is 28.7 Å². The van der Waals surface area contributed by atoms with Gasteiger partial charge in [0.2, 0.25) is 5.88 Å². The van der Waals surface area contributed by atoms with E-state index >= 15 is 0 Å². The summed E-state index contributed by atoms with van der Waals surface area (Å²) in [6, 6.07) is 17.6. The highest BCUT2D eigenvalue weighted by Crippen LogP contribution is 2.33. The molecule has 0 atom stereocenters. The Kier molecular flexibility index (Phi) is 6.49. The van der Waals surface area contributed by atoms with Crippen LogP contribution >= 0.6 is 22.6 Å². The highest BCUT2D eigenvalue weighted by molar-refractivity contribution is 14.1. The topological polar surface area (TPSA) is 77.9 Å². The molecule has 28 heavy (non-hydrogen) atoms. The Labute approximate surface area is 175 Å². The van der Waals surface area contributed by atoms with Crippen LogP contribution in [0.4, 0.5) is 0 Å². The van der Waals surface area contributed by atoms with Crippen molar-refractivity contribution in [2.75, 3.05) is 7.11 Å². The van der Waals surface area contributed by atoms with Crippen molar-refractivity contribution in [3.05, 3.63) is 82.3 Å². The van der Waals surface area contributed by atoms with Gasteiger partial charge in [0.15, 0.2) is 0 Å². The lowest BCUT2D eigenvalue weighted by atomic mass is 10.1. The summed E-state index contributed by atoms with van der Waals surface area (Å²) in [6.45, 7) is 0. The van der Waals surface area contributed by atoms with E-state index < -0.39 is 5.97 Å². The van der Waals surface area contributed by atoms with E-state index in [0.717, 1.165) is 3.57 Å². The predicted molar refractivity (Wildman–Crippen MR) is 113 cm³/mol. The number of pyridine rings is 1. The van der Waals surface area contributed by atoms with Crippen molar-refractivity contribution in [2.24, 2.45) is 0 Å². The Balaban J connectivity index is 1.88. The summed E-state index contributed by atoms with van der Waals surface area (Å²) in [7, 11) is 1.40. The fourth-order valence-corrected chi connectivity index (χ4v) is 2.87. The number of hydrogen-bond acceptors (Lipinski definition) is 5. The third-order valence-corrected chi connectivity index (χ3v) is 4.44. The number of benzene rings is 2. The molecule has 0 amide bonds. The van der Waals surface area contributed by atoms with Gasteiger partial charge in [-0.3, -0.25) is 0 Å². The maximum absolute atomic E-state index is 11.6. The predicted octanol–water partition coefficient (Wildman–Crippen LogP) is 5.34. The van der Waals surface area contributed by atoms with Crippen LogP contribution in [0.25, 0.3) is 5.57 Å². The van der Waals surface area contributed by atoms with Gasteiger partial charge < -0.3 is 19.3 Å². The lowest BCUT2D eigenvalue weighted by Gasteiger charge is -2.13. The first-order valence-electron chi connectivity index (χ1n) is 8.20. The van der Waals surface area contributed by atoms with E-state index in [2.05, 4.69) is 27.6 Å². The summed E-state index contributed by atoms with van der Waals surface area (Å²) < 4.78 is 17.5. The molecule has 142 valence electrons. The number of methoxy groups -OCH3 is 1. The van der Waals surface area contributed by atoms with E-state index in [4.69, 9.17) is 14.2 Å². The van der Waals surface area contributed by atoms with Crippen LogP contribution in [-0.4, -0.2) is 23.2 Å². The molecule has 0 unspecified atom stereocenters. The molecule has 0 saturated carbocycles. The Morgan fingerprint density at radius 3 is 2.50 bits per heavy atom. The van der Waals surface area contributed by atoms with Gasteiger partial charge in [0.1, 0.15) is 22.8 Å². The fourth-order valence-electron chi connectivity index (χ4n) is 2.41. The van der Waals surface area contributed by atoms with Crippen LogP contribution in [0.3, 0.4) is 0 Å². The first-order valence-corrected chi connectivity index (χ1v) is 9.28. The van der Waals surface area contributed by atoms with Crippen molar-refractivity contribution in [3.8, 4) is 23.1 Å². The SMILES string of the molecule is CO/C=C(\C(=O)O)c1ccccc1Oc1cccc(Oc2ncccc2I)c1. The Morgan fingerprint density at radius 2 is 1.79 bits per heavy atom. The van der Waals surface area contributed by atoms with Crippen molar-refractivity contribution in [2.45, 2.75) is 0 Å². The number of aliphatic carboxylic acids is 1. The van der Waals surface area contributed by atoms with Crippen LogP contribution < -0.4 is 9.47 Å². The highest BCUT2D eigenvalue weighted by Gasteiger charge is 2.16. The van der Waals surface area contributed by atoms with Crippen LogP contribution in [0.2, 0.25) is 0 Å². The molecule has 3 aromatic rings. The second-order valence-electron chi connectivity index (χ2n) is 5.54. The molecular formula is C21H16INO5. The summed E-state index contributed by atoms with van der Waals surface area (Å²) in [6.07, 6.45) is 2.83. The molecule has 1 aromatic heterocycles. The van der Waals surface area contributed by atoms with Crippen molar-refractivity contribution in [1.29, 1.82) is 0 Å². The number of ether oxygens (including phenoxy) is 3. The van der Waals surface area contributed by atoms with Crippen LogP contribution in [0.15, 0.2) is 73.1 Å². The molecule has 0 aliphatic carbocycles.